The van der Waals surface area contributed by atoms with Crippen molar-refractivity contribution in [3.05, 3.63) is 34.9 Å². The SMILES string of the molecule is CCOC(=O)N1CCC(NC(=O)C(c2ccc(Cl)cc2)C2CC2)CC1. The summed E-state index contributed by atoms with van der Waals surface area (Å²) in [4.78, 5) is 26.3. The van der Waals surface area contributed by atoms with Gasteiger partial charge >= 0.3 is 6.09 Å². The standard InChI is InChI=1S/C19H25ClN2O3/c1-2-25-19(24)22-11-9-16(10-12-22)21-18(23)17(13-3-4-13)14-5-7-15(20)8-6-14/h5-8,13,16-17H,2-4,9-12H2,1H3,(H,21,23). The Hall–Kier alpha value is -1.75. The first-order valence-electron chi connectivity index (χ1n) is 9.06. The molecule has 1 unspecified atom stereocenters. The highest BCUT2D eigenvalue weighted by Crippen LogP contribution is 2.43. The van der Waals surface area contributed by atoms with E-state index >= 15 is 0 Å². The molecule has 136 valence electrons. The van der Waals surface area contributed by atoms with E-state index in [1.54, 1.807) is 11.8 Å². The van der Waals surface area contributed by atoms with Gasteiger partial charge in [-0.1, -0.05) is 23.7 Å². The van der Waals surface area contributed by atoms with E-state index in [2.05, 4.69) is 5.32 Å². The number of piperidine rings is 1. The molecule has 0 aromatic heterocycles. The number of ether oxygens (including phenoxy) is 1. The third-order valence-electron chi connectivity index (χ3n) is 4.97. The van der Waals surface area contributed by atoms with E-state index < -0.39 is 0 Å². The van der Waals surface area contributed by atoms with Gasteiger partial charge in [0.15, 0.2) is 0 Å². The molecular weight excluding hydrogens is 340 g/mol. The average molecular weight is 365 g/mol. The van der Waals surface area contributed by atoms with Crippen LogP contribution in [0.15, 0.2) is 24.3 Å². The van der Waals surface area contributed by atoms with Crippen LogP contribution in [0.4, 0.5) is 4.79 Å². The van der Waals surface area contributed by atoms with Crippen LogP contribution < -0.4 is 5.32 Å². The van der Waals surface area contributed by atoms with Gasteiger partial charge in [-0.25, -0.2) is 4.79 Å². The van der Waals surface area contributed by atoms with Crippen molar-refractivity contribution in [3.63, 3.8) is 0 Å². The zero-order valence-electron chi connectivity index (χ0n) is 14.5. The molecule has 2 aliphatic rings. The van der Waals surface area contributed by atoms with Crippen molar-refractivity contribution in [3.8, 4) is 0 Å². The summed E-state index contributed by atoms with van der Waals surface area (Å²) in [5, 5.41) is 3.88. The summed E-state index contributed by atoms with van der Waals surface area (Å²) in [5.41, 5.74) is 1.04. The summed E-state index contributed by atoms with van der Waals surface area (Å²) < 4.78 is 5.03. The van der Waals surface area contributed by atoms with E-state index in [9.17, 15) is 9.59 Å². The van der Waals surface area contributed by atoms with Crippen molar-refractivity contribution >= 4 is 23.6 Å². The van der Waals surface area contributed by atoms with E-state index in [4.69, 9.17) is 16.3 Å². The third kappa shape index (κ3) is 4.66. The molecule has 2 fully saturated rings. The van der Waals surface area contributed by atoms with Crippen LogP contribution in [0, 0.1) is 5.92 Å². The summed E-state index contributed by atoms with van der Waals surface area (Å²) in [7, 11) is 0. The number of halogens is 1. The van der Waals surface area contributed by atoms with E-state index in [1.165, 1.54) is 0 Å². The Bertz CT molecular complexity index is 608. The van der Waals surface area contributed by atoms with Crippen LogP contribution in [0.3, 0.4) is 0 Å². The van der Waals surface area contributed by atoms with Crippen molar-refractivity contribution in [1.82, 2.24) is 10.2 Å². The molecule has 1 aromatic carbocycles. The predicted octanol–water partition coefficient (Wildman–Crippen LogP) is 3.57. The minimum Gasteiger partial charge on any atom is -0.450 e. The molecule has 2 amide bonds. The molecule has 0 bridgehead atoms. The minimum absolute atomic E-state index is 0.0967. The zero-order valence-corrected chi connectivity index (χ0v) is 15.3. The fourth-order valence-electron chi connectivity index (χ4n) is 3.45. The Balaban J connectivity index is 1.56. The molecule has 1 saturated heterocycles. The van der Waals surface area contributed by atoms with Gasteiger partial charge in [-0.3, -0.25) is 4.79 Å². The first-order valence-corrected chi connectivity index (χ1v) is 9.43. The van der Waals surface area contributed by atoms with Gasteiger partial charge in [-0.15, -0.1) is 0 Å². The number of likely N-dealkylation sites (tertiary alicyclic amines) is 1. The Labute approximate surface area is 153 Å². The summed E-state index contributed by atoms with van der Waals surface area (Å²) in [6.45, 7) is 3.44. The molecule has 6 heteroatoms. The van der Waals surface area contributed by atoms with Crippen molar-refractivity contribution in [1.29, 1.82) is 0 Å². The predicted molar refractivity (Wildman–Crippen MR) is 96.7 cm³/mol. The van der Waals surface area contributed by atoms with Gasteiger partial charge in [0.1, 0.15) is 0 Å². The second kappa shape index (κ2) is 8.09. The van der Waals surface area contributed by atoms with Crippen molar-refractivity contribution in [2.75, 3.05) is 19.7 Å². The number of carbonyl (C=O) groups excluding carboxylic acids is 2. The van der Waals surface area contributed by atoms with Gasteiger partial charge in [-0.05, 0) is 56.2 Å². The molecule has 3 rings (SSSR count). The first-order chi connectivity index (χ1) is 12.1. The molecule has 1 aliphatic heterocycles. The van der Waals surface area contributed by atoms with Crippen LogP contribution in [0.2, 0.25) is 5.02 Å². The maximum absolute atomic E-state index is 12.8. The molecule has 1 heterocycles. The summed E-state index contributed by atoms with van der Waals surface area (Å²) in [6.07, 6.45) is 3.47. The van der Waals surface area contributed by atoms with Crippen LogP contribution >= 0.6 is 11.6 Å². The largest absolute Gasteiger partial charge is 0.450 e. The molecule has 5 nitrogen and oxygen atoms in total. The lowest BCUT2D eigenvalue weighted by Crippen LogP contribution is -2.47. The number of nitrogens with one attached hydrogen (secondary N) is 1. The summed E-state index contributed by atoms with van der Waals surface area (Å²) in [5.74, 6) is 0.431. The first kappa shape index (κ1) is 18.1. The lowest BCUT2D eigenvalue weighted by molar-refractivity contribution is -0.124. The van der Waals surface area contributed by atoms with Crippen LogP contribution in [-0.4, -0.2) is 42.6 Å². The smallest absolute Gasteiger partial charge is 0.409 e. The highest BCUT2D eigenvalue weighted by Gasteiger charge is 2.38. The zero-order chi connectivity index (χ0) is 17.8. The monoisotopic (exact) mass is 364 g/mol. The van der Waals surface area contributed by atoms with Crippen LogP contribution in [0.25, 0.3) is 0 Å². The van der Waals surface area contributed by atoms with Crippen LogP contribution in [0.1, 0.15) is 44.1 Å². The molecule has 0 radical (unpaired) electrons. The molecule has 0 spiro atoms. The molecular formula is C19H25ClN2O3. The molecule has 1 saturated carbocycles. The van der Waals surface area contributed by atoms with E-state index in [1.807, 2.05) is 24.3 Å². The maximum Gasteiger partial charge on any atom is 0.409 e. The summed E-state index contributed by atoms with van der Waals surface area (Å²) >= 11 is 5.97. The molecule has 1 N–H and O–H groups in total. The Morgan fingerprint density at radius 2 is 1.84 bits per heavy atom. The van der Waals surface area contributed by atoms with Crippen molar-refractivity contribution in [2.24, 2.45) is 5.92 Å². The number of amides is 2. The van der Waals surface area contributed by atoms with Crippen molar-refractivity contribution in [2.45, 2.75) is 44.6 Å². The lowest BCUT2D eigenvalue weighted by Gasteiger charge is -2.32. The Morgan fingerprint density at radius 3 is 2.40 bits per heavy atom. The lowest BCUT2D eigenvalue weighted by atomic mass is 9.92. The van der Waals surface area contributed by atoms with Crippen molar-refractivity contribution < 1.29 is 14.3 Å². The second-order valence-electron chi connectivity index (χ2n) is 6.84. The number of hydrogen-bond donors (Lipinski definition) is 1. The van der Waals surface area contributed by atoms with Gasteiger partial charge in [0, 0.05) is 24.2 Å². The maximum atomic E-state index is 12.8. The second-order valence-corrected chi connectivity index (χ2v) is 7.27. The Morgan fingerprint density at radius 1 is 1.20 bits per heavy atom. The third-order valence-corrected chi connectivity index (χ3v) is 5.22. The van der Waals surface area contributed by atoms with Crippen LogP contribution in [0.5, 0.6) is 0 Å². The molecule has 1 aliphatic carbocycles. The van der Waals surface area contributed by atoms with Gasteiger partial charge in [0.25, 0.3) is 0 Å². The minimum atomic E-state index is -0.260. The van der Waals surface area contributed by atoms with E-state index in [0.29, 0.717) is 30.6 Å². The number of benzene rings is 1. The van der Waals surface area contributed by atoms with E-state index in [-0.39, 0.29) is 24.0 Å². The van der Waals surface area contributed by atoms with Gasteiger partial charge in [-0.2, -0.15) is 0 Å². The molecule has 25 heavy (non-hydrogen) atoms. The van der Waals surface area contributed by atoms with Gasteiger partial charge in [0.2, 0.25) is 5.91 Å². The normalized spacial score (nSPS) is 19.4. The van der Waals surface area contributed by atoms with E-state index in [0.717, 1.165) is 31.2 Å². The average Bonchev–Trinajstić information content (AvgIpc) is 3.42. The quantitative estimate of drug-likeness (QED) is 0.868. The van der Waals surface area contributed by atoms with Crippen LogP contribution in [-0.2, 0) is 9.53 Å². The Kier molecular flexibility index (Phi) is 5.84. The number of carbonyl (C=O) groups is 2. The number of nitrogens with zero attached hydrogens (tertiary/aromatic N) is 1. The molecule has 1 aromatic rings. The fourth-order valence-corrected chi connectivity index (χ4v) is 3.58. The topological polar surface area (TPSA) is 58.6 Å². The highest BCUT2D eigenvalue weighted by molar-refractivity contribution is 6.30. The number of hydrogen-bond acceptors (Lipinski definition) is 3. The number of rotatable bonds is 5. The molecule has 1 atom stereocenters. The highest BCUT2D eigenvalue weighted by atomic mass is 35.5. The summed E-state index contributed by atoms with van der Waals surface area (Å²) in [6, 6.07) is 7.71. The van der Waals surface area contributed by atoms with Gasteiger partial charge in [0.05, 0.1) is 12.5 Å². The fraction of sp³-hybridized carbons (Fsp3) is 0.579. The van der Waals surface area contributed by atoms with Gasteiger partial charge < -0.3 is 15.0 Å².